The number of amides is 3. The van der Waals surface area contributed by atoms with E-state index in [1.165, 1.54) is 0 Å². The summed E-state index contributed by atoms with van der Waals surface area (Å²) in [6.45, 7) is 14.3. The average molecular weight is 745 g/mol. The van der Waals surface area contributed by atoms with Gasteiger partial charge in [-0.2, -0.15) is 0 Å². The molecule has 0 saturated carbocycles. The number of nitrogens with zero attached hydrogens (tertiary/aromatic N) is 3. The predicted molar refractivity (Wildman–Crippen MR) is 200 cm³/mol. The second-order valence-electron chi connectivity index (χ2n) is 13.5. The minimum atomic E-state index is -1.30. The van der Waals surface area contributed by atoms with Crippen LogP contribution < -0.4 is 14.5 Å². The maximum absolute atomic E-state index is 15.2. The van der Waals surface area contributed by atoms with Crippen molar-refractivity contribution in [2.75, 3.05) is 36.1 Å². The Hall–Kier alpha value is -3.99. The van der Waals surface area contributed by atoms with Crippen molar-refractivity contribution in [2.24, 2.45) is 17.8 Å². The number of fused-ring (bicyclic) bond motifs is 2. The summed E-state index contributed by atoms with van der Waals surface area (Å²) in [6.07, 6.45) is 3.70. The Morgan fingerprint density at radius 2 is 1.66 bits per heavy atom. The van der Waals surface area contributed by atoms with E-state index < -0.39 is 35.6 Å². The Labute approximate surface area is 302 Å². The SMILES string of the molecule is C=CCN(C(=O)C1N([C@@H](CO)[C@@H](C)CC)C(=O)[C@@H]2[C@H](C(=O)N(CC=C)c3ccc(OCC)cc3)[C@H]3OC12CC3Br)c1ccc2ccccc2c1. The molecule has 3 aromatic carbocycles. The van der Waals surface area contributed by atoms with Gasteiger partial charge < -0.3 is 29.3 Å². The van der Waals surface area contributed by atoms with E-state index in [1.54, 1.807) is 26.9 Å². The second-order valence-corrected chi connectivity index (χ2v) is 14.7. The molecule has 8 atom stereocenters. The van der Waals surface area contributed by atoms with Crippen molar-refractivity contribution in [1.82, 2.24) is 4.90 Å². The minimum Gasteiger partial charge on any atom is -0.494 e. The largest absolute Gasteiger partial charge is 0.494 e. The summed E-state index contributed by atoms with van der Waals surface area (Å²) in [7, 11) is 0. The molecule has 3 aliphatic heterocycles. The van der Waals surface area contributed by atoms with Gasteiger partial charge in [0, 0.05) is 29.3 Å². The summed E-state index contributed by atoms with van der Waals surface area (Å²) >= 11 is 3.81. The van der Waals surface area contributed by atoms with Gasteiger partial charge in [0.15, 0.2) is 0 Å². The molecule has 0 radical (unpaired) electrons. The molecule has 3 fully saturated rings. The molecule has 264 valence electrons. The van der Waals surface area contributed by atoms with Gasteiger partial charge >= 0.3 is 0 Å². The van der Waals surface area contributed by atoms with Gasteiger partial charge in [0.05, 0.1) is 37.2 Å². The smallest absolute Gasteiger partial charge is 0.253 e. The lowest BCUT2D eigenvalue weighted by atomic mass is 9.70. The van der Waals surface area contributed by atoms with E-state index in [4.69, 9.17) is 9.47 Å². The topological polar surface area (TPSA) is 99.6 Å². The first-order chi connectivity index (χ1) is 24.1. The van der Waals surface area contributed by atoms with Crippen LogP contribution in [0.25, 0.3) is 10.8 Å². The zero-order chi connectivity index (χ0) is 35.7. The summed E-state index contributed by atoms with van der Waals surface area (Å²) in [5.41, 5.74) is -0.00550. The standard InChI is InChI=1S/C40H46BrN3O6/c1-6-20-42(28-16-18-30(19-17-28)49-9-4)37(46)33-34-38(47)44(32(24-45)25(5)8-3)36(40(34)23-31(41)35(33)50-40)39(48)43(21-7-2)29-15-14-26-12-10-11-13-27(26)22-29/h6-7,10-19,22,25,31-36,45H,1-2,8-9,20-21,23-24H2,3-5H3/t25-,31?,32-,33-,34-,35-,36?,40?/m0/s1. The van der Waals surface area contributed by atoms with Crippen molar-refractivity contribution in [2.45, 2.75) is 62.2 Å². The number of ether oxygens (including phenoxy) is 2. The third-order valence-electron chi connectivity index (χ3n) is 10.8. The van der Waals surface area contributed by atoms with Gasteiger partial charge in [-0.25, -0.2) is 0 Å². The summed E-state index contributed by atoms with van der Waals surface area (Å²) < 4.78 is 12.5. The van der Waals surface area contributed by atoms with Crippen LogP contribution in [0.15, 0.2) is 92.0 Å². The molecule has 3 saturated heterocycles. The fourth-order valence-electron chi connectivity index (χ4n) is 8.27. The molecule has 3 aliphatic rings. The first-order valence-corrected chi connectivity index (χ1v) is 18.4. The number of benzene rings is 3. The molecule has 6 rings (SSSR count). The van der Waals surface area contributed by atoms with Gasteiger partial charge in [-0.15, -0.1) is 13.2 Å². The highest BCUT2D eigenvalue weighted by atomic mass is 79.9. The van der Waals surface area contributed by atoms with Crippen LogP contribution in [0.2, 0.25) is 0 Å². The lowest BCUT2D eigenvalue weighted by molar-refractivity contribution is -0.145. The molecule has 3 amide bonds. The summed E-state index contributed by atoms with van der Waals surface area (Å²) in [6, 6.07) is 19.3. The molecule has 0 aromatic heterocycles. The Morgan fingerprint density at radius 3 is 2.28 bits per heavy atom. The highest BCUT2D eigenvalue weighted by Crippen LogP contribution is 2.61. The summed E-state index contributed by atoms with van der Waals surface area (Å²) in [5.74, 6) is -2.21. The van der Waals surface area contributed by atoms with Crippen molar-refractivity contribution < 1.29 is 29.0 Å². The van der Waals surface area contributed by atoms with E-state index in [0.29, 0.717) is 36.6 Å². The molecule has 2 bridgehead atoms. The second kappa shape index (κ2) is 14.7. The summed E-state index contributed by atoms with van der Waals surface area (Å²) in [5, 5.41) is 12.8. The van der Waals surface area contributed by atoms with Gasteiger partial charge in [-0.3, -0.25) is 14.4 Å². The number of carbonyl (C=O) groups excluding carboxylic acids is 3. The van der Waals surface area contributed by atoms with Crippen molar-refractivity contribution in [1.29, 1.82) is 0 Å². The third kappa shape index (κ3) is 5.95. The van der Waals surface area contributed by atoms with E-state index in [-0.39, 0.29) is 48.2 Å². The number of rotatable bonds is 14. The average Bonchev–Trinajstić information content (AvgIpc) is 3.72. The van der Waals surface area contributed by atoms with E-state index >= 15 is 4.79 Å². The number of hydrogen-bond donors (Lipinski definition) is 1. The Morgan fingerprint density at radius 1 is 1.02 bits per heavy atom. The molecular formula is C40H46BrN3O6. The molecule has 10 heteroatoms. The van der Waals surface area contributed by atoms with Crippen LogP contribution >= 0.6 is 15.9 Å². The Balaban J connectivity index is 1.45. The van der Waals surface area contributed by atoms with Crippen LogP contribution in [-0.2, 0) is 19.1 Å². The van der Waals surface area contributed by atoms with Crippen LogP contribution in [0.5, 0.6) is 5.75 Å². The number of aliphatic hydroxyl groups excluding tert-OH is 1. The Bertz CT molecular complexity index is 1770. The highest BCUT2D eigenvalue weighted by Gasteiger charge is 2.77. The lowest BCUT2D eigenvalue weighted by Gasteiger charge is -2.41. The number of anilines is 2. The zero-order valence-corrected chi connectivity index (χ0v) is 30.5. The number of hydrogen-bond acceptors (Lipinski definition) is 6. The molecule has 1 N–H and O–H groups in total. The lowest BCUT2D eigenvalue weighted by Crippen LogP contribution is -2.60. The van der Waals surface area contributed by atoms with Crippen LogP contribution in [0.4, 0.5) is 11.4 Å². The number of aliphatic hydroxyl groups is 1. The molecule has 3 heterocycles. The molecule has 3 unspecified atom stereocenters. The number of alkyl halides is 1. The maximum Gasteiger partial charge on any atom is 0.253 e. The fraction of sp³-hybridized carbons (Fsp3) is 0.425. The van der Waals surface area contributed by atoms with Crippen LogP contribution in [0.3, 0.4) is 0 Å². The van der Waals surface area contributed by atoms with Crippen LogP contribution in [0, 0.1) is 17.8 Å². The predicted octanol–water partition coefficient (Wildman–Crippen LogP) is 6.13. The summed E-state index contributed by atoms with van der Waals surface area (Å²) in [4.78, 5) is 49.5. The molecule has 3 aromatic rings. The quantitative estimate of drug-likeness (QED) is 0.158. The van der Waals surface area contributed by atoms with Gasteiger partial charge in [0.2, 0.25) is 11.8 Å². The molecule has 0 aliphatic carbocycles. The first-order valence-electron chi connectivity index (χ1n) is 17.5. The monoisotopic (exact) mass is 743 g/mol. The number of carbonyl (C=O) groups is 3. The normalized spacial score (nSPS) is 26.4. The zero-order valence-electron chi connectivity index (χ0n) is 28.9. The Kier molecular flexibility index (Phi) is 10.5. The molecule has 1 spiro atoms. The van der Waals surface area contributed by atoms with Crippen LogP contribution in [0.1, 0.15) is 33.6 Å². The maximum atomic E-state index is 15.2. The van der Waals surface area contributed by atoms with E-state index in [9.17, 15) is 14.7 Å². The van der Waals surface area contributed by atoms with Crippen molar-refractivity contribution in [3.8, 4) is 5.75 Å². The van der Waals surface area contributed by atoms with Gasteiger partial charge in [-0.05, 0) is 66.4 Å². The third-order valence-corrected chi connectivity index (χ3v) is 11.6. The fourth-order valence-corrected chi connectivity index (χ4v) is 9.21. The van der Waals surface area contributed by atoms with E-state index in [2.05, 4.69) is 29.1 Å². The molecular weight excluding hydrogens is 698 g/mol. The first kappa shape index (κ1) is 35.8. The molecule has 9 nitrogen and oxygen atoms in total. The van der Waals surface area contributed by atoms with E-state index in [1.807, 2.05) is 87.5 Å². The molecule has 50 heavy (non-hydrogen) atoms. The number of halogens is 1. The minimum absolute atomic E-state index is 0.129. The van der Waals surface area contributed by atoms with Crippen molar-refractivity contribution in [3.05, 3.63) is 92.0 Å². The van der Waals surface area contributed by atoms with Crippen LogP contribution in [-0.4, -0.2) is 82.6 Å². The van der Waals surface area contributed by atoms with E-state index in [0.717, 1.165) is 10.8 Å². The van der Waals surface area contributed by atoms with Gasteiger partial charge in [-0.1, -0.05) is 78.7 Å². The van der Waals surface area contributed by atoms with Crippen molar-refractivity contribution >= 4 is 55.8 Å². The van der Waals surface area contributed by atoms with Crippen molar-refractivity contribution in [3.63, 3.8) is 0 Å². The van der Waals surface area contributed by atoms with Gasteiger partial charge in [0.25, 0.3) is 5.91 Å². The van der Waals surface area contributed by atoms with Gasteiger partial charge in [0.1, 0.15) is 17.4 Å². The number of likely N-dealkylation sites (tertiary alicyclic amines) is 1. The highest BCUT2D eigenvalue weighted by molar-refractivity contribution is 9.09.